The minimum atomic E-state index is 0.272. The largest absolute Gasteiger partial charge is 0.388 e. The standard InChI is InChI=1S/C17H29N3/c1-13(2)11-20(10-9-17(18)19)12-15-5-7-16(8-6-15)14(3)4/h5-8,13-14H,9-12H2,1-4H3,(H3,18,19). The van der Waals surface area contributed by atoms with Crippen molar-refractivity contribution in [1.82, 2.24) is 4.90 Å². The van der Waals surface area contributed by atoms with Gasteiger partial charge in [-0.2, -0.15) is 0 Å². The van der Waals surface area contributed by atoms with Crippen LogP contribution in [0.1, 0.15) is 51.2 Å². The molecule has 1 rings (SSSR count). The predicted molar refractivity (Wildman–Crippen MR) is 87.2 cm³/mol. The monoisotopic (exact) mass is 275 g/mol. The van der Waals surface area contributed by atoms with Gasteiger partial charge in [-0.25, -0.2) is 0 Å². The lowest BCUT2D eigenvalue weighted by molar-refractivity contribution is 0.242. The molecule has 0 aromatic heterocycles. The average molecular weight is 275 g/mol. The van der Waals surface area contributed by atoms with E-state index in [1.54, 1.807) is 0 Å². The molecule has 0 aliphatic heterocycles. The molecule has 0 atom stereocenters. The third-order valence-corrected chi connectivity index (χ3v) is 3.37. The van der Waals surface area contributed by atoms with Crippen molar-refractivity contribution in [2.45, 2.75) is 46.6 Å². The van der Waals surface area contributed by atoms with E-state index in [0.717, 1.165) is 19.6 Å². The molecule has 0 aliphatic rings. The van der Waals surface area contributed by atoms with Crippen LogP contribution in [0.5, 0.6) is 0 Å². The van der Waals surface area contributed by atoms with Crippen LogP contribution in [0.4, 0.5) is 0 Å². The van der Waals surface area contributed by atoms with Gasteiger partial charge in [-0.15, -0.1) is 0 Å². The van der Waals surface area contributed by atoms with E-state index in [1.807, 2.05) is 0 Å². The molecule has 0 unspecified atom stereocenters. The Hall–Kier alpha value is -1.35. The number of rotatable bonds is 8. The summed E-state index contributed by atoms with van der Waals surface area (Å²) in [5.74, 6) is 1.47. The highest BCUT2D eigenvalue weighted by atomic mass is 15.1. The molecule has 0 radical (unpaired) electrons. The maximum absolute atomic E-state index is 7.38. The Kier molecular flexibility index (Phi) is 6.73. The Morgan fingerprint density at radius 1 is 1.15 bits per heavy atom. The molecule has 0 bridgehead atoms. The molecule has 0 spiro atoms. The maximum Gasteiger partial charge on any atom is 0.0918 e. The SMILES string of the molecule is CC(C)CN(CCC(=N)N)Cc1ccc(C(C)C)cc1. The van der Waals surface area contributed by atoms with Crippen LogP contribution in [-0.2, 0) is 6.54 Å². The highest BCUT2D eigenvalue weighted by molar-refractivity contribution is 5.76. The third kappa shape index (κ3) is 6.20. The predicted octanol–water partition coefficient (Wildman–Crippen LogP) is 3.59. The lowest BCUT2D eigenvalue weighted by Gasteiger charge is -2.24. The summed E-state index contributed by atoms with van der Waals surface area (Å²) in [5.41, 5.74) is 8.19. The van der Waals surface area contributed by atoms with Crippen molar-refractivity contribution in [3.05, 3.63) is 35.4 Å². The number of nitrogens with one attached hydrogen (secondary N) is 1. The summed E-state index contributed by atoms with van der Waals surface area (Å²) in [6.07, 6.45) is 0.650. The summed E-state index contributed by atoms with van der Waals surface area (Å²) in [7, 11) is 0. The second-order valence-electron chi connectivity index (χ2n) is 6.30. The first-order valence-electron chi connectivity index (χ1n) is 7.52. The maximum atomic E-state index is 7.38. The number of amidine groups is 1. The number of hydrogen-bond acceptors (Lipinski definition) is 2. The number of nitrogens with zero attached hydrogens (tertiary/aromatic N) is 1. The summed E-state index contributed by atoms with van der Waals surface area (Å²) in [5, 5.41) is 7.38. The van der Waals surface area contributed by atoms with Gasteiger partial charge in [0.15, 0.2) is 0 Å². The molecule has 3 heteroatoms. The summed E-state index contributed by atoms with van der Waals surface area (Å²) < 4.78 is 0. The fraction of sp³-hybridized carbons (Fsp3) is 0.588. The van der Waals surface area contributed by atoms with Crippen molar-refractivity contribution in [1.29, 1.82) is 5.41 Å². The molecular formula is C17H29N3. The summed E-state index contributed by atoms with van der Waals surface area (Å²) in [4.78, 5) is 2.39. The van der Waals surface area contributed by atoms with Gasteiger partial charge in [-0.3, -0.25) is 10.3 Å². The first kappa shape index (κ1) is 16.7. The molecule has 0 fully saturated rings. The van der Waals surface area contributed by atoms with Gasteiger partial charge in [-0.05, 0) is 23.0 Å². The number of nitrogens with two attached hydrogens (primary N) is 1. The Balaban J connectivity index is 2.65. The molecule has 3 nitrogen and oxygen atoms in total. The van der Waals surface area contributed by atoms with Crippen molar-refractivity contribution < 1.29 is 0 Å². The zero-order valence-corrected chi connectivity index (χ0v) is 13.3. The Bertz CT molecular complexity index is 407. The lowest BCUT2D eigenvalue weighted by atomic mass is 10.0. The Labute approximate surface area is 123 Å². The van der Waals surface area contributed by atoms with Crippen LogP contribution in [0.3, 0.4) is 0 Å². The second-order valence-corrected chi connectivity index (χ2v) is 6.30. The van der Waals surface area contributed by atoms with Crippen molar-refractivity contribution in [2.75, 3.05) is 13.1 Å². The van der Waals surface area contributed by atoms with E-state index in [0.29, 0.717) is 18.3 Å². The fourth-order valence-electron chi connectivity index (χ4n) is 2.30. The molecule has 0 heterocycles. The van der Waals surface area contributed by atoms with E-state index in [9.17, 15) is 0 Å². The first-order chi connectivity index (χ1) is 9.38. The molecule has 0 amide bonds. The Morgan fingerprint density at radius 2 is 1.75 bits per heavy atom. The molecule has 1 aromatic carbocycles. The zero-order valence-electron chi connectivity index (χ0n) is 13.3. The van der Waals surface area contributed by atoms with E-state index in [2.05, 4.69) is 56.9 Å². The van der Waals surface area contributed by atoms with E-state index >= 15 is 0 Å². The molecule has 0 saturated heterocycles. The summed E-state index contributed by atoms with van der Waals surface area (Å²) >= 11 is 0. The zero-order chi connectivity index (χ0) is 15.1. The molecule has 1 aromatic rings. The summed E-state index contributed by atoms with van der Waals surface area (Å²) in [6, 6.07) is 8.88. The van der Waals surface area contributed by atoms with Crippen LogP contribution in [0, 0.1) is 11.3 Å². The molecule has 20 heavy (non-hydrogen) atoms. The normalized spacial score (nSPS) is 11.6. The highest BCUT2D eigenvalue weighted by Gasteiger charge is 2.09. The van der Waals surface area contributed by atoms with Crippen LogP contribution >= 0.6 is 0 Å². The van der Waals surface area contributed by atoms with Gasteiger partial charge in [0, 0.05) is 26.1 Å². The minimum Gasteiger partial charge on any atom is -0.388 e. The van der Waals surface area contributed by atoms with Crippen LogP contribution in [-0.4, -0.2) is 23.8 Å². The van der Waals surface area contributed by atoms with E-state index in [1.165, 1.54) is 11.1 Å². The van der Waals surface area contributed by atoms with E-state index < -0.39 is 0 Å². The minimum absolute atomic E-state index is 0.272. The second kappa shape index (κ2) is 8.05. The van der Waals surface area contributed by atoms with Crippen LogP contribution in [0.25, 0.3) is 0 Å². The molecular weight excluding hydrogens is 246 g/mol. The lowest BCUT2D eigenvalue weighted by Crippen LogP contribution is -2.30. The van der Waals surface area contributed by atoms with Crippen molar-refractivity contribution in [3.8, 4) is 0 Å². The van der Waals surface area contributed by atoms with Crippen LogP contribution in [0.15, 0.2) is 24.3 Å². The third-order valence-electron chi connectivity index (χ3n) is 3.37. The van der Waals surface area contributed by atoms with Gasteiger partial charge in [-0.1, -0.05) is 52.0 Å². The van der Waals surface area contributed by atoms with Crippen molar-refractivity contribution in [3.63, 3.8) is 0 Å². The highest BCUT2D eigenvalue weighted by Crippen LogP contribution is 2.16. The van der Waals surface area contributed by atoms with E-state index in [-0.39, 0.29) is 5.84 Å². The average Bonchev–Trinajstić information content (AvgIpc) is 2.36. The fourth-order valence-corrected chi connectivity index (χ4v) is 2.30. The quantitative estimate of drug-likeness (QED) is 0.562. The number of hydrogen-bond donors (Lipinski definition) is 2. The van der Waals surface area contributed by atoms with Gasteiger partial charge in [0.1, 0.15) is 0 Å². The van der Waals surface area contributed by atoms with Crippen LogP contribution in [0.2, 0.25) is 0 Å². The first-order valence-corrected chi connectivity index (χ1v) is 7.52. The molecule has 0 aliphatic carbocycles. The van der Waals surface area contributed by atoms with Gasteiger partial charge in [0.05, 0.1) is 5.84 Å². The molecule has 0 saturated carbocycles. The molecule has 3 N–H and O–H groups in total. The van der Waals surface area contributed by atoms with E-state index in [4.69, 9.17) is 11.1 Å². The van der Waals surface area contributed by atoms with Crippen LogP contribution < -0.4 is 5.73 Å². The van der Waals surface area contributed by atoms with Crippen molar-refractivity contribution >= 4 is 5.84 Å². The van der Waals surface area contributed by atoms with Gasteiger partial charge < -0.3 is 5.73 Å². The van der Waals surface area contributed by atoms with Crippen molar-refractivity contribution in [2.24, 2.45) is 11.7 Å². The topological polar surface area (TPSA) is 53.1 Å². The summed E-state index contributed by atoms with van der Waals surface area (Å²) in [6.45, 7) is 11.7. The van der Waals surface area contributed by atoms with Gasteiger partial charge in [0.2, 0.25) is 0 Å². The van der Waals surface area contributed by atoms with Gasteiger partial charge >= 0.3 is 0 Å². The molecule has 112 valence electrons. The Morgan fingerprint density at radius 3 is 2.20 bits per heavy atom. The smallest absolute Gasteiger partial charge is 0.0918 e. The van der Waals surface area contributed by atoms with Gasteiger partial charge in [0.25, 0.3) is 0 Å². The number of benzene rings is 1.